The SMILES string of the molecule is O=C(NC1CCCc2ccc(F)cc21)N[C@@H]1c2ccccc2C[C@@H]1O. The Hall–Kier alpha value is -2.40. The molecule has 0 aliphatic heterocycles. The van der Waals surface area contributed by atoms with E-state index < -0.39 is 12.1 Å². The lowest BCUT2D eigenvalue weighted by atomic mass is 9.87. The van der Waals surface area contributed by atoms with Crippen molar-refractivity contribution >= 4 is 6.03 Å². The van der Waals surface area contributed by atoms with Crippen molar-refractivity contribution in [3.05, 3.63) is 70.5 Å². The van der Waals surface area contributed by atoms with Crippen LogP contribution >= 0.6 is 0 Å². The molecule has 4 nitrogen and oxygen atoms in total. The van der Waals surface area contributed by atoms with Crippen LogP contribution in [0.15, 0.2) is 42.5 Å². The first-order valence-electron chi connectivity index (χ1n) is 8.73. The van der Waals surface area contributed by atoms with E-state index in [0.717, 1.165) is 41.5 Å². The minimum atomic E-state index is -0.626. The number of hydrogen-bond donors (Lipinski definition) is 3. The van der Waals surface area contributed by atoms with E-state index in [9.17, 15) is 14.3 Å². The molecule has 0 radical (unpaired) electrons. The molecule has 4 rings (SSSR count). The second kappa shape index (κ2) is 6.48. The lowest BCUT2D eigenvalue weighted by Crippen LogP contribution is -2.43. The monoisotopic (exact) mass is 340 g/mol. The van der Waals surface area contributed by atoms with Crippen LogP contribution in [0.3, 0.4) is 0 Å². The molecule has 3 N–H and O–H groups in total. The Morgan fingerprint density at radius 3 is 2.80 bits per heavy atom. The number of aliphatic hydroxyl groups excluding tert-OH is 1. The van der Waals surface area contributed by atoms with E-state index in [-0.39, 0.29) is 17.9 Å². The van der Waals surface area contributed by atoms with Gasteiger partial charge in [0.05, 0.1) is 18.2 Å². The second-order valence-corrected chi connectivity index (χ2v) is 6.85. The van der Waals surface area contributed by atoms with E-state index in [0.29, 0.717) is 6.42 Å². The Bertz CT molecular complexity index is 808. The molecular weight excluding hydrogens is 319 g/mol. The molecule has 0 bridgehead atoms. The summed E-state index contributed by atoms with van der Waals surface area (Å²) in [5.41, 5.74) is 3.96. The van der Waals surface area contributed by atoms with Gasteiger partial charge in [0.25, 0.3) is 0 Å². The molecule has 0 saturated heterocycles. The molecular formula is C20H21FN2O2. The summed E-state index contributed by atoms with van der Waals surface area (Å²) < 4.78 is 13.6. The largest absolute Gasteiger partial charge is 0.390 e. The van der Waals surface area contributed by atoms with Crippen molar-refractivity contribution in [1.82, 2.24) is 10.6 Å². The van der Waals surface area contributed by atoms with E-state index in [2.05, 4.69) is 10.6 Å². The molecule has 3 atom stereocenters. The molecule has 0 aromatic heterocycles. The van der Waals surface area contributed by atoms with Gasteiger partial charge in [0.1, 0.15) is 5.82 Å². The number of rotatable bonds is 2. The molecule has 2 amide bonds. The van der Waals surface area contributed by atoms with Crippen molar-refractivity contribution in [2.24, 2.45) is 0 Å². The number of aryl methyl sites for hydroxylation is 1. The summed E-state index contributed by atoms with van der Waals surface area (Å²) in [6, 6.07) is 11.6. The maximum Gasteiger partial charge on any atom is 0.315 e. The first-order valence-corrected chi connectivity index (χ1v) is 8.73. The van der Waals surface area contributed by atoms with Crippen LogP contribution in [0, 0.1) is 5.82 Å². The van der Waals surface area contributed by atoms with Crippen molar-refractivity contribution in [2.45, 2.75) is 43.9 Å². The van der Waals surface area contributed by atoms with Crippen LogP contribution in [-0.4, -0.2) is 17.2 Å². The minimum Gasteiger partial charge on any atom is -0.390 e. The number of nitrogens with one attached hydrogen (secondary N) is 2. The number of benzene rings is 2. The molecule has 0 heterocycles. The lowest BCUT2D eigenvalue weighted by molar-refractivity contribution is 0.141. The summed E-state index contributed by atoms with van der Waals surface area (Å²) in [4.78, 5) is 12.5. The Morgan fingerprint density at radius 2 is 1.92 bits per heavy atom. The number of halogens is 1. The van der Waals surface area contributed by atoms with Crippen molar-refractivity contribution in [3.63, 3.8) is 0 Å². The minimum absolute atomic E-state index is 0.201. The van der Waals surface area contributed by atoms with Gasteiger partial charge in [-0.05, 0) is 53.6 Å². The number of aliphatic hydroxyl groups is 1. The molecule has 0 saturated carbocycles. The summed E-state index contributed by atoms with van der Waals surface area (Å²) in [5.74, 6) is -0.284. The normalized spacial score (nSPS) is 24.3. The number of carbonyl (C=O) groups is 1. The van der Waals surface area contributed by atoms with Gasteiger partial charge < -0.3 is 15.7 Å². The van der Waals surface area contributed by atoms with E-state index in [4.69, 9.17) is 0 Å². The fourth-order valence-electron chi connectivity index (χ4n) is 4.01. The summed E-state index contributed by atoms with van der Waals surface area (Å²) in [5, 5.41) is 16.1. The zero-order chi connectivity index (χ0) is 17.4. The fourth-order valence-corrected chi connectivity index (χ4v) is 4.01. The van der Waals surface area contributed by atoms with Crippen LogP contribution in [0.4, 0.5) is 9.18 Å². The molecule has 2 aromatic rings. The highest BCUT2D eigenvalue weighted by Gasteiger charge is 2.32. The second-order valence-electron chi connectivity index (χ2n) is 6.85. The van der Waals surface area contributed by atoms with Gasteiger partial charge in [-0.15, -0.1) is 0 Å². The van der Waals surface area contributed by atoms with Crippen molar-refractivity contribution in [3.8, 4) is 0 Å². The lowest BCUT2D eigenvalue weighted by Gasteiger charge is -2.27. The van der Waals surface area contributed by atoms with Gasteiger partial charge in [0.15, 0.2) is 0 Å². The average molecular weight is 340 g/mol. The van der Waals surface area contributed by atoms with Crippen LogP contribution in [0.1, 0.15) is 47.2 Å². The third kappa shape index (κ3) is 3.12. The number of fused-ring (bicyclic) bond motifs is 2. The molecule has 2 aliphatic carbocycles. The number of urea groups is 1. The summed E-state index contributed by atoms with van der Waals surface area (Å²) in [6.45, 7) is 0. The van der Waals surface area contributed by atoms with Gasteiger partial charge >= 0.3 is 6.03 Å². The maximum atomic E-state index is 13.6. The highest BCUT2D eigenvalue weighted by Crippen LogP contribution is 2.32. The zero-order valence-electron chi connectivity index (χ0n) is 13.8. The Morgan fingerprint density at radius 1 is 1.08 bits per heavy atom. The zero-order valence-corrected chi connectivity index (χ0v) is 13.8. The standard InChI is InChI=1S/C20H21FN2O2/c21-14-9-8-12-5-3-7-17(16(12)11-14)22-20(25)23-19-15-6-2-1-4-13(15)10-18(19)24/h1-2,4,6,8-9,11,17-19,24H,3,5,7,10H2,(H2,22,23,25)/t17?,18-,19+/m0/s1. The third-order valence-electron chi connectivity index (χ3n) is 5.22. The highest BCUT2D eigenvalue weighted by molar-refractivity contribution is 5.75. The average Bonchev–Trinajstić information content (AvgIpc) is 2.91. The Balaban J connectivity index is 1.48. The molecule has 0 fully saturated rings. The Labute approximate surface area is 146 Å². The number of carbonyl (C=O) groups excluding carboxylic acids is 1. The predicted molar refractivity (Wildman–Crippen MR) is 92.6 cm³/mol. The summed E-state index contributed by atoms with van der Waals surface area (Å²) in [6.07, 6.45) is 2.56. The van der Waals surface area contributed by atoms with Crippen molar-refractivity contribution in [2.75, 3.05) is 0 Å². The predicted octanol–water partition coefficient (Wildman–Crippen LogP) is 3.16. The van der Waals surface area contributed by atoms with E-state index in [1.807, 2.05) is 24.3 Å². The molecule has 1 unspecified atom stereocenters. The summed E-state index contributed by atoms with van der Waals surface area (Å²) >= 11 is 0. The first-order chi connectivity index (χ1) is 12.1. The molecule has 25 heavy (non-hydrogen) atoms. The first kappa shape index (κ1) is 16.1. The number of amides is 2. The quantitative estimate of drug-likeness (QED) is 0.786. The maximum absolute atomic E-state index is 13.6. The topological polar surface area (TPSA) is 61.4 Å². The van der Waals surface area contributed by atoms with Gasteiger partial charge in [-0.1, -0.05) is 30.3 Å². The van der Waals surface area contributed by atoms with Gasteiger partial charge in [-0.3, -0.25) is 0 Å². The fraction of sp³-hybridized carbons (Fsp3) is 0.350. The van der Waals surface area contributed by atoms with E-state index >= 15 is 0 Å². The summed E-state index contributed by atoms with van der Waals surface area (Å²) in [7, 11) is 0. The van der Waals surface area contributed by atoms with Gasteiger partial charge in [-0.2, -0.15) is 0 Å². The van der Waals surface area contributed by atoms with Gasteiger partial charge in [0, 0.05) is 6.42 Å². The van der Waals surface area contributed by atoms with Crippen LogP contribution in [0.2, 0.25) is 0 Å². The van der Waals surface area contributed by atoms with Crippen LogP contribution in [-0.2, 0) is 12.8 Å². The van der Waals surface area contributed by atoms with Crippen molar-refractivity contribution in [1.29, 1.82) is 0 Å². The van der Waals surface area contributed by atoms with Gasteiger partial charge in [0.2, 0.25) is 0 Å². The van der Waals surface area contributed by atoms with Crippen LogP contribution < -0.4 is 10.6 Å². The molecule has 0 spiro atoms. The van der Waals surface area contributed by atoms with Crippen molar-refractivity contribution < 1.29 is 14.3 Å². The Kier molecular flexibility index (Phi) is 4.17. The smallest absolute Gasteiger partial charge is 0.315 e. The van der Waals surface area contributed by atoms with Crippen LogP contribution in [0.25, 0.3) is 0 Å². The highest BCUT2D eigenvalue weighted by atomic mass is 19.1. The third-order valence-corrected chi connectivity index (χ3v) is 5.22. The van der Waals surface area contributed by atoms with Gasteiger partial charge in [-0.25, -0.2) is 9.18 Å². The molecule has 5 heteroatoms. The molecule has 2 aromatic carbocycles. The van der Waals surface area contributed by atoms with E-state index in [1.54, 1.807) is 6.07 Å². The van der Waals surface area contributed by atoms with Crippen LogP contribution in [0.5, 0.6) is 0 Å². The number of hydrogen-bond acceptors (Lipinski definition) is 2. The van der Waals surface area contributed by atoms with E-state index in [1.165, 1.54) is 12.1 Å². The molecule has 130 valence electrons. The molecule has 2 aliphatic rings.